The molecule has 2 rings (SSSR count). The molecule has 116 valence electrons. The summed E-state index contributed by atoms with van der Waals surface area (Å²) in [6.07, 6.45) is 0.531. The summed E-state index contributed by atoms with van der Waals surface area (Å²) in [7, 11) is 0. The molecule has 0 bridgehead atoms. The molecule has 1 aromatic carbocycles. The van der Waals surface area contributed by atoms with Crippen molar-refractivity contribution in [2.45, 2.75) is 13.3 Å². The van der Waals surface area contributed by atoms with Crippen LogP contribution in [-0.4, -0.2) is 28.1 Å². The molecule has 0 aliphatic heterocycles. The fraction of sp³-hybridized carbons (Fsp3) is 0.231. The summed E-state index contributed by atoms with van der Waals surface area (Å²) in [4.78, 5) is 23.7. The molecular formula is C13H11ClFN3O3S. The van der Waals surface area contributed by atoms with E-state index in [4.69, 9.17) is 16.3 Å². The van der Waals surface area contributed by atoms with Crippen LogP contribution in [0.1, 0.15) is 22.3 Å². The number of esters is 1. The summed E-state index contributed by atoms with van der Waals surface area (Å²) < 4.78 is 22.0. The van der Waals surface area contributed by atoms with Gasteiger partial charge in [-0.25, -0.2) is 9.18 Å². The van der Waals surface area contributed by atoms with E-state index in [1.165, 1.54) is 12.1 Å². The van der Waals surface area contributed by atoms with Gasteiger partial charge in [0.1, 0.15) is 5.82 Å². The van der Waals surface area contributed by atoms with E-state index in [-0.39, 0.29) is 15.6 Å². The van der Waals surface area contributed by atoms with E-state index in [1.54, 1.807) is 0 Å². The summed E-state index contributed by atoms with van der Waals surface area (Å²) in [6.45, 7) is 1.28. The third-order valence-corrected chi connectivity index (χ3v) is 3.60. The summed E-state index contributed by atoms with van der Waals surface area (Å²) in [6, 6.07) is 3.82. The number of ether oxygens (including phenoxy) is 1. The second kappa shape index (κ2) is 7.28. The van der Waals surface area contributed by atoms with Gasteiger partial charge in [-0.05, 0) is 36.2 Å². The van der Waals surface area contributed by atoms with Crippen molar-refractivity contribution in [3.63, 3.8) is 0 Å². The molecule has 0 spiro atoms. The van der Waals surface area contributed by atoms with Crippen LogP contribution in [0.4, 0.5) is 10.1 Å². The third-order valence-electron chi connectivity index (χ3n) is 2.62. The van der Waals surface area contributed by atoms with E-state index in [1.807, 2.05) is 6.92 Å². The van der Waals surface area contributed by atoms with Gasteiger partial charge >= 0.3 is 5.97 Å². The zero-order chi connectivity index (χ0) is 16.1. The maximum atomic E-state index is 13.5. The summed E-state index contributed by atoms with van der Waals surface area (Å²) >= 11 is 6.51. The Morgan fingerprint density at radius 3 is 2.91 bits per heavy atom. The first-order valence-corrected chi connectivity index (χ1v) is 7.39. The Balaban J connectivity index is 1.91. The highest BCUT2D eigenvalue weighted by Gasteiger charge is 2.18. The highest BCUT2D eigenvalue weighted by molar-refractivity contribution is 7.07. The molecule has 1 heterocycles. The number of hydrogen-bond acceptors (Lipinski definition) is 6. The Hall–Kier alpha value is -2.06. The van der Waals surface area contributed by atoms with Crippen LogP contribution < -0.4 is 5.32 Å². The molecule has 0 atom stereocenters. The molecule has 0 saturated carbocycles. The maximum Gasteiger partial charge on any atom is 0.352 e. The second-order valence-corrected chi connectivity index (χ2v) is 5.34. The van der Waals surface area contributed by atoms with Crippen molar-refractivity contribution in [3.8, 4) is 0 Å². The third kappa shape index (κ3) is 3.99. The van der Waals surface area contributed by atoms with E-state index in [0.29, 0.717) is 12.1 Å². The number of hydrogen-bond donors (Lipinski definition) is 1. The lowest BCUT2D eigenvalue weighted by Crippen LogP contribution is -2.21. The first-order valence-electron chi connectivity index (χ1n) is 6.24. The summed E-state index contributed by atoms with van der Waals surface area (Å²) in [5.74, 6) is -2.02. The normalized spacial score (nSPS) is 10.3. The van der Waals surface area contributed by atoms with Crippen molar-refractivity contribution >= 4 is 40.7 Å². The Morgan fingerprint density at radius 2 is 2.23 bits per heavy atom. The van der Waals surface area contributed by atoms with E-state index in [2.05, 4.69) is 14.9 Å². The van der Waals surface area contributed by atoms with Crippen molar-refractivity contribution in [1.82, 2.24) is 9.59 Å². The molecule has 1 amide bonds. The van der Waals surface area contributed by atoms with Gasteiger partial charge in [-0.1, -0.05) is 23.0 Å². The lowest BCUT2D eigenvalue weighted by atomic mass is 10.3. The lowest BCUT2D eigenvalue weighted by Gasteiger charge is -2.07. The van der Waals surface area contributed by atoms with Crippen molar-refractivity contribution in [1.29, 1.82) is 0 Å². The van der Waals surface area contributed by atoms with Crippen LogP contribution in [0.3, 0.4) is 0 Å². The fourth-order valence-corrected chi connectivity index (χ4v) is 2.37. The van der Waals surface area contributed by atoms with Crippen LogP contribution in [0, 0.1) is 5.82 Å². The van der Waals surface area contributed by atoms with Gasteiger partial charge in [-0.2, -0.15) is 0 Å². The standard InChI is InChI=1S/C13H11ClFN3O3S/c1-2-9-12(22-18-17-9)13(20)21-6-11(19)16-10-4-3-7(14)5-8(10)15/h3-5H,2,6H2,1H3,(H,16,19). The van der Waals surface area contributed by atoms with Gasteiger partial charge in [0.2, 0.25) is 0 Å². The average molecular weight is 344 g/mol. The summed E-state index contributed by atoms with van der Waals surface area (Å²) in [5, 5.41) is 6.28. The van der Waals surface area contributed by atoms with E-state index in [9.17, 15) is 14.0 Å². The largest absolute Gasteiger partial charge is 0.451 e. The minimum absolute atomic E-state index is 0.0425. The van der Waals surface area contributed by atoms with Gasteiger partial charge in [-0.3, -0.25) is 4.79 Å². The molecular weight excluding hydrogens is 333 g/mol. The average Bonchev–Trinajstić information content (AvgIpc) is 2.96. The maximum absolute atomic E-state index is 13.5. The molecule has 0 radical (unpaired) electrons. The molecule has 9 heteroatoms. The highest BCUT2D eigenvalue weighted by Crippen LogP contribution is 2.19. The van der Waals surface area contributed by atoms with Crippen LogP contribution in [0.5, 0.6) is 0 Å². The predicted octanol–water partition coefficient (Wildman–Crippen LogP) is 2.69. The summed E-state index contributed by atoms with van der Waals surface area (Å²) in [5.41, 5.74) is 0.471. The van der Waals surface area contributed by atoms with E-state index in [0.717, 1.165) is 17.6 Å². The number of halogens is 2. The number of carbonyl (C=O) groups excluding carboxylic acids is 2. The van der Waals surface area contributed by atoms with Crippen LogP contribution in [0.25, 0.3) is 0 Å². The number of aromatic nitrogens is 2. The van der Waals surface area contributed by atoms with Gasteiger partial charge in [0.15, 0.2) is 11.5 Å². The number of anilines is 1. The predicted molar refractivity (Wildman–Crippen MR) is 79.6 cm³/mol. The quantitative estimate of drug-likeness (QED) is 0.844. The highest BCUT2D eigenvalue weighted by atomic mass is 35.5. The Labute approximate surface area is 134 Å². The second-order valence-electron chi connectivity index (χ2n) is 4.15. The lowest BCUT2D eigenvalue weighted by molar-refractivity contribution is -0.119. The van der Waals surface area contributed by atoms with Gasteiger partial charge in [-0.15, -0.1) is 5.10 Å². The van der Waals surface area contributed by atoms with Gasteiger partial charge < -0.3 is 10.1 Å². The molecule has 22 heavy (non-hydrogen) atoms. The number of carbonyl (C=O) groups is 2. The minimum atomic E-state index is -0.682. The number of nitrogens with zero attached hydrogens (tertiary/aromatic N) is 2. The molecule has 2 aromatic rings. The molecule has 0 unspecified atom stereocenters. The van der Waals surface area contributed by atoms with Crippen molar-refractivity contribution in [2.75, 3.05) is 11.9 Å². The number of benzene rings is 1. The fourth-order valence-electron chi connectivity index (χ4n) is 1.57. The molecule has 0 saturated heterocycles. The zero-order valence-corrected chi connectivity index (χ0v) is 13.0. The first kappa shape index (κ1) is 16.3. The SMILES string of the molecule is CCc1nnsc1C(=O)OCC(=O)Nc1ccc(Cl)cc1F. The van der Waals surface area contributed by atoms with E-state index >= 15 is 0 Å². The Bertz CT molecular complexity index is 708. The van der Waals surface area contributed by atoms with Crippen LogP contribution >= 0.6 is 23.1 Å². The number of amides is 1. The smallest absolute Gasteiger partial charge is 0.352 e. The van der Waals surface area contributed by atoms with Crippen LogP contribution in [-0.2, 0) is 16.0 Å². The molecule has 0 fully saturated rings. The van der Waals surface area contributed by atoms with Crippen LogP contribution in [0.15, 0.2) is 18.2 Å². The molecule has 6 nitrogen and oxygen atoms in total. The molecule has 1 aromatic heterocycles. The van der Waals surface area contributed by atoms with Gasteiger partial charge in [0.05, 0.1) is 11.4 Å². The molecule has 1 N–H and O–H groups in total. The monoisotopic (exact) mass is 343 g/mol. The molecule has 0 aliphatic carbocycles. The van der Waals surface area contributed by atoms with Gasteiger partial charge in [0.25, 0.3) is 5.91 Å². The number of aryl methyl sites for hydroxylation is 1. The Morgan fingerprint density at radius 1 is 1.45 bits per heavy atom. The molecule has 0 aliphatic rings. The van der Waals surface area contributed by atoms with Crippen molar-refractivity contribution in [2.24, 2.45) is 0 Å². The topological polar surface area (TPSA) is 81.2 Å². The first-order chi connectivity index (χ1) is 10.5. The number of nitrogens with one attached hydrogen (secondary N) is 1. The van der Waals surface area contributed by atoms with Crippen molar-refractivity contribution in [3.05, 3.63) is 39.6 Å². The zero-order valence-electron chi connectivity index (χ0n) is 11.4. The Kier molecular flexibility index (Phi) is 5.40. The number of rotatable bonds is 5. The minimum Gasteiger partial charge on any atom is -0.451 e. The van der Waals surface area contributed by atoms with Crippen molar-refractivity contribution < 1.29 is 18.7 Å². The van der Waals surface area contributed by atoms with E-state index < -0.39 is 24.3 Å². The van der Waals surface area contributed by atoms with Crippen LogP contribution in [0.2, 0.25) is 5.02 Å². The van der Waals surface area contributed by atoms with Gasteiger partial charge in [0, 0.05) is 5.02 Å².